The molecule has 5 heteroatoms. The SMILES string of the molecule is CCNc1cc(Nc2ccccc2C#N)nc(C)n1. The maximum Gasteiger partial charge on any atom is 0.136 e. The van der Waals surface area contributed by atoms with E-state index < -0.39 is 0 Å². The topological polar surface area (TPSA) is 73.6 Å². The summed E-state index contributed by atoms with van der Waals surface area (Å²) in [6.45, 7) is 4.64. The van der Waals surface area contributed by atoms with Crippen LogP contribution in [0, 0.1) is 18.3 Å². The second-order valence-electron chi connectivity index (χ2n) is 4.00. The van der Waals surface area contributed by atoms with Gasteiger partial charge >= 0.3 is 0 Å². The molecule has 19 heavy (non-hydrogen) atoms. The summed E-state index contributed by atoms with van der Waals surface area (Å²) in [6.07, 6.45) is 0. The summed E-state index contributed by atoms with van der Waals surface area (Å²) in [5, 5.41) is 15.4. The van der Waals surface area contributed by atoms with Crippen LogP contribution in [0.3, 0.4) is 0 Å². The number of aryl methyl sites for hydroxylation is 1. The van der Waals surface area contributed by atoms with Crippen LogP contribution >= 0.6 is 0 Å². The molecule has 0 bridgehead atoms. The molecule has 0 aliphatic heterocycles. The highest BCUT2D eigenvalue weighted by Gasteiger charge is 2.04. The average Bonchev–Trinajstić information content (AvgIpc) is 2.39. The molecule has 1 aromatic carbocycles. The summed E-state index contributed by atoms with van der Waals surface area (Å²) < 4.78 is 0. The van der Waals surface area contributed by atoms with Crippen LogP contribution in [0.15, 0.2) is 30.3 Å². The van der Waals surface area contributed by atoms with Crippen molar-refractivity contribution in [3.8, 4) is 6.07 Å². The van der Waals surface area contributed by atoms with Crippen LogP contribution in [0.4, 0.5) is 17.3 Å². The third kappa shape index (κ3) is 3.19. The zero-order chi connectivity index (χ0) is 13.7. The Labute approximate surface area is 112 Å². The lowest BCUT2D eigenvalue weighted by molar-refractivity contribution is 1.04. The smallest absolute Gasteiger partial charge is 0.136 e. The number of anilines is 3. The van der Waals surface area contributed by atoms with Crippen LogP contribution in [0.1, 0.15) is 18.3 Å². The fourth-order valence-electron chi connectivity index (χ4n) is 1.73. The molecule has 0 atom stereocenters. The molecule has 5 nitrogen and oxygen atoms in total. The van der Waals surface area contributed by atoms with Gasteiger partial charge in [0, 0.05) is 12.6 Å². The predicted molar refractivity (Wildman–Crippen MR) is 75.4 cm³/mol. The number of hydrogen-bond acceptors (Lipinski definition) is 5. The molecule has 2 N–H and O–H groups in total. The number of rotatable bonds is 4. The second kappa shape index (κ2) is 5.83. The van der Waals surface area contributed by atoms with Crippen molar-refractivity contribution in [3.63, 3.8) is 0 Å². The van der Waals surface area contributed by atoms with Crippen molar-refractivity contribution in [2.75, 3.05) is 17.2 Å². The van der Waals surface area contributed by atoms with Crippen molar-refractivity contribution in [1.29, 1.82) is 5.26 Å². The van der Waals surface area contributed by atoms with Gasteiger partial charge in [-0.05, 0) is 26.0 Å². The first kappa shape index (κ1) is 12.8. The van der Waals surface area contributed by atoms with Crippen LogP contribution in [0.25, 0.3) is 0 Å². The van der Waals surface area contributed by atoms with E-state index in [0.717, 1.165) is 18.1 Å². The minimum Gasteiger partial charge on any atom is -0.370 e. The van der Waals surface area contributed by atoms with E-state index in [4.69, 9.17) is 5.26 Å². The standard InChI is InChI=1S/C14H15N5/c1-3-16-13-8-14(18-10(2)17-13)19-12-7-5-4-6-11(12)9-15/h4-8H,3H2,1-2H3,(H2,16,17,18,19). The van der Waals surface area contributed by atoms with E-state index in [1.165, 1.54) is 0 Å². The highest BCUT2D eigenvalue weighted by molar-refractivity contribution is 5.65. The minimum absolute atomic E-state index is 0.587. The summed E-state index contributed by atoms with van der Waals surface area (Å²) in [7, 11) is 0. The summed E-state index contributed by atoms with van der Waals surface area (Å²) in [6, 6.07) is 11.3. The van der Waals surface area contributed by atoms with Gasteiger partial charge in [0.15, 0.2) is 0 Å². The molecule has 0 aliphatic carbocycles. The quantitative estimate of drug-likeness (QED) is 0.876. The Morgan fingerprint density at radius 3 is 2.68 bits per heavy atom. The van der Waals surface area contributed by atoms with Gasteiger partial charge in [-0.3, -0.25) is 0 Å². The van der Waals surface area contributed by atoms with Gasteiger partial charge < -0.3 is 10.6 Å². The molecule has 0 saturated heterocycles. The highest BCUT2D eigenvalue weighted by Crippen LogP contribution is 2.20. The molecule has 0 aliphatic rings. The van der Waals surface area contributed by atoms with E-state index in [1.54, 1.807) is 6.07 Å². The zero-order valence-corrected chi connectivity index (χ0v) is 10.9. The summed E-state index contributed by atoms with van der Waals surface area (Å²) in [5.41, 5.74) is 1.33. The molecule has 1 aromatic heterocycles. The van der Waals surface area contributed by atoms with E-state index in [1.807, 2.05) is 38.1 Å². The number of aromatic nitrogens is 2. The highest BCUT2D eigenvalue weighted by atomic mass is 15.1. The summed E-state index contributed by atoms with van der Waals surface area (Å²) >= 11 is 0. The Kier molecular flexibility index (Phi) is 3.94. The molecule has 1 heterocycles. The molecule has 96 valence electrons. The maximum atomic E-state index is 9.05. The first-order valence-electron chi connectivity index (χ1n) is 6.08. The van der Waals surface area contributed by atoms with Crippen LogP contribution in [-0.4, -0.2) is 16.5 Å². The summed E-state index contributed by atoms with van der Waals surface area (Å²) in [5.74, 6) is 2.12. The first-order valence-corrected chi connectivity index (χ1v) is 6.08. The molecular weight excluding hydrogens is 238 g/mol. The Morgan fingerprint density at radius 2 is 1.95 bits per heavy atom. The fraction of sp³-hybridized carbons (Fsp3) is 0.214. The Balaban J connectivity index is 2.30. The van der Waals surface area contributed by atoms with E-state index in [-0.39, 0.29) is 0 Å². The lowest BCUT2D eigenvalue weighted by atomic mass is 10.2. The average molecular weight is 253 g/mol. The van der Waals surface area contributed by atoms with Crippen LogP contribution < -0.4 is 10.6 Å². The molecular formula is C14H15N5. The van der Waals surface area contributed by atoms with Gasteiger partial charge in [0.05, 0.1) is 11.3 Å². The fourth-order valence-corrected chi connectivity index (χ4v) is 1.73. The Morgan fingerprint density at radius 1 is 1.21 bits per heavy atom. The van der Waals surface area contributed by atoms with Gasteiger partial charge in [-0.2, -0.15) is 5.26 Å². The lowest BCUT2D eigenvalue weighted by Crippen LogP contribution is -2.04. The monoisotopic (exact) mass is 253 g/mol. The van der Waals surface area contributed by atoms with Crippen molar-refractivity contribution in [1.82, 2.24) is 9.97 Å². The zero-order valence-electron chi connectivity index (χ0n) is 10.9. The van der Waals surface area contributed by atoms with Crippen LogP contribution in [0.2, 0.25) is 0 Å². The number of hydrogen-bond donors (Lipinski definition) is 2. The Bertz CT molecular complexity index is 615. The van der Waals surface area contributed by atoms with Crippen molar-refractivity contribution in [2.24, 2.45) is 0 Å². The van der Waals surface area contributed by atoms with E-state index >= 15 is 0 Å². The molecule has 0 spiro atoms. The van der Waals surface area contributed by atoms with E-state index in [0.29, 0.717) is 17.2 Å². The van der Waals surface area contributed by atoms with Gasteiger partial charge in [0.25, 0.3) is 0 Å². The first-order chi connectivity index (χ1) is 9.22. The van der Waals surface area contributed by atoms with Crippen molar-refractivity contribution in [3.05, 3.63) is 41.7 Å². The van der Waals surface area contributed by atoms with Crippen molar-refractivity contribution < 1.29 is 0 Å². The number of nitrogens with one attached hydrogen (secondary N) is 2. The van der Waals surface area contributed by atoms with E-state index in [2.05, 4.69) is 26.7 Å². The van der Waals surface area contributed by atoms with Crippen molar-refractivity contribution >= 4 is 17.3 Å². The van der Waals surface area contributed by atoms with Gasteiger partial charge in [-0.1, -0.05) is 12.1 Å². The molecule has 0 saturated carbocycles. The Hall–Kier alpha value is -2.61. The van der Waals surface area contributed by atoms with Crippen LogP contribution in [0.5, 0.6) is 0 Å². The van der Waals surface area contributed by atoms with Gasteiger partial charge in [0.1, 0.15) is 23.5 Å². The molecule has 2 aromatic rings. The second-order valence-corrected chi connectivity index (χ2v) is 4.00. The maximum absolute atomic E-state index is 9.05. The predicted octanol–water partition coefficient (Wildman–Crippen LogP) is 2.83. The number of benzene rings is 1. The third-order valence-electron chi connectivity index (χ3n) is 2.51. The molecule has 0 radical (unpaired) electrons. The molecule has 0 unspecified atom stereocenters. The minimum atomic E-state index is 0.587. The number of para-hydroxylation sites is 1. The van der Waals surface area contributed by atoms with Gasteiger partial charge in [-0.25, -0.2) is 9.97 Å². The summed E-state index contributed by atoms with van der Waals surface area (Å²) in [4.78, 5) is 8.60. The molecule has 2 rings (SSSR count). The number of nitrogens with zero attached hydrogens (tertiary/aromatic N) is 3. The number of nitriles is 1. The lowest BCUT2D eigenvalue weighted by Gasteiger charge is -2.10. The van der Waals surface area contributed by atoms with Crippen LogP contribution in [-0.2, 0) is 0 Å². The van der Waals surface area contributed by atoms with Crippen molar-refractivity contribution in [2.45, 2.75) is 13.8 Å². The molecule has 0 fully saturated rings. The van der Waals surface area contributed by atoms with Gasteiger partial charge in [-0.15, -0.1) is 0 Å². The largest absolute Gasteiger partial charge is 0.370 e. The normalized spacial score (nSPS) is 9.74. The third-order valence-corrected chi connectivity index (χ3v) is 2.51. The molecule has 0 amide bonds. The van der Waals surface area contributed by atoms with E-state index in [9.17, 15) is 0 Å². The van der Waals surface area contributed by atoms with Gasteiger partial charge in [0.2, 0.25) is 0 Å².